The number of benzene rings is 1. The number of anilines is 1. The average molecular weight is 286 g/mol. The highest BCUT2D eigenvalue weighted by molar-refractivity contribution is 7.89. The Kier molecular flexibility index (Phi) is 4.46. The third kappa shape index (κ3) is 3.66. The first-order chi connectivity index (χ1) is 8.77. The van der Waals surface area contributed by atoms with Gasteiger partial charge in [-0.25, -0.2) is 13.1 Å². The van der Waals surface area contributed by atoms with Gasteiger partial charge in [0.2, 0.25) is 21.8 Å². The summed E-state index contributed by atoms with van der Waals surface area (Å²) in [6.45, 7) is -0.407. The van der Waals surface area contributed by atoms with E-state index in [1.807, 2.05) is 0 Å². The van der Waals surface area contributed by atoms with E-state index in [-0.39, 0.29) is 16.1 Å². The minimum atomic E-state index is -3.93. The fourth-order valence-corrected chi connectivity index (χ4v) is 2.37. The van der Waals surface area contributed by atoms with Crippen LogP contribution in [-0.4, -0.2) is 33.8 Å². The molecule has 0 bridgehead atoms. The van der Waals surface area contributed by atoms with Gasteiger partial charge in [0, 0.05) is 12.6 Å². The molecule has 9 heteroatoms. The quantitative estimate of drug-likeness (QED) is 0.481. The number of amides is 2. The fraction of sp³-hybridized carbons (Fsp3) is 0.200. The Balaban J connectivity index is 3.02. The molecular weight excluding hydrogens is 272 g/mol. The van der Waals surface area contributed by atoms with E-state index in [4.69, 9.17) is 11.5 Å². The van der Waals surface area contributed by atoms with Crippen molar-refractivity contribution in [3.05, 3.63) is 23.8 Å². The van der Waals surface area contributed by atoms with Crippen molar-refractivity contribution in [2.75, 3.05) is 19.3 Å². The Morgan fingerprint density at radius 2 is 1.95 bits per heavy atom. The molecule has 8 nitrogen and oxygen atoms in total. The predicted molar refractivity (Wildman–Crippen MR) is 68.6 cm³/mol. The number of hydrogen-bond donors (Lipinski definition) is 4. The standard InChI is InChI=1S/C10H14N4O4S/c1-13-9(15)5-14-19(17,18)8-3-2-6(10(12)16)4-7(8)11/h2-4,14H,5,11H2,1H3,(H2,12,16)(H,13,15). The van der Waals surface area contributed by atoms with Crippen molar-refractivity contribution in [2.24, 2.45) is 5.73 Å². The highest BCUT2D eigenvalue weighted by Gasteiger charge is 2.19. The number of nitrogens with one attached hydrogen (secondary N) is 2. The molecule has 0 saturated heterocycles. The summed E-state index contributed by atoms with van der Waals surface area (Å²) in [7, 11) is -2.54. The van der Waals surface area contributed by atoms with Gasteiger partial charge in [-0.05, 0) is 18.2 Å². The smallest absolute Gasteiger partial charge is 0.248 e. The SMILES string of the molecule is CNC(=O)CNS(=O)(=O)c1ccc(C(N)=O)cc1N. The van der Waals surface area contributed by atoms with Gasteiger partial charge in [0.25, 0.3) is 0 Å². The average Bonchev–Trinajstić information content (AvgIpc) is 2.35. The third-order valence-corrected chi connectivity index (χ3v) is 3.76. The van der Waals surface area contributed by atoms with E-state index in [0.29, 0.717) is 0 Å². The normalized spacial score (nSPS) is 11.0. The van der Waals surface area contributed by atoms with Gasteiger partial charge < -0.3 is 16.8 Å². The zero-order valence-corrected chi connectivity index (χ0v) is 11.0. The molecule has 0 atom stereocenters. The number of rotatable bonds is 5. The van der Waals surface area contributed by atoms with Crippen molar-refractivity contribution in [1.82, 2.24) is 10.0 Å². The number of nitrogens with two attached hydrogens (primary N) is 2. The van der Waals surface area contributed by atoms with Crippen LogP contribution in [0.5, 0.6) is 0 Å². The summed E-state index contributed by atoms with van der Waals surface area (Å²) in [6.07, 6.45) is 0. The minimum absolute atomic E-state index is 0.0998. The Morgan fingerprint density at radius 3 is 2.42 bits per heavy atom. The molecule has 0 fully saturated rings. The number of hydrogen-bond acceptors (Lipinski definition) is 5. The van der Waals surface area contributed by atoms with E-state index in [9.17, 15) is 18.0 Å². The Bertz CT molecular complexity index is 612. The summed E-state index contributed by atoms with van der Waals surface area (Å²) in [4.78, 5) is 21.7. The number of carbonyl (C=O) groups is 2. The second-order valence-electron chi connectivity index (χ2n) is 3.61. The first-order valence-corrected chi connectivity index (χ1v) is 6.66. The highest BCUT2D eigenvalue weighted by atomic mass is 32.2. The summed E-state index contributed by atoms with van der Waals surface area (Å²) in [5.74, 6) is -1.20. The van der Waals surface area contributed by atoms with Crippen LogP contribution in [0.25, 0.3) is 0 Å². The number of primary amides is 1. The second kappa shape index (κ2) is 5.67. The Hall–Kier alpha value is -2.13. The molecule has 0 aliphatic carbocycles. The van der Waals surface area contributed by atoms with Crippen LogP contribution in [-0.2, 0) is 14.8 Å². The number of nitrogen functional groups attached to an aromatic ring is 1. The summed E-state index contributed by atoms with van der Waals surface area (Å²) in [5, 5.41) is 2.27. The maximum Gasteiger partial charge on any atom is 0.248 e. The van der Waals surface area contributed by atoms with E-state index in [1.54, 1.807) is 0 Å². The predicted octanol–water partition coefficient (Wildman–Crippen LogP) is -1.61. The van der Waals surface area contributed by atoms with Crippen LogP contribution in [0.2, 0.25) is 0 Å². The van der Waals surface area contributed by atoms with Gasteiger partial charge in [-0.3, -0.25) is 9.59 Å². The van der Waals surface area contributed by atoms with Crippen molar-refractivity contribution in [3.63, 3.8) is 0 Å². The van der Waals surface area contributed by atoms with Crippen LogP contribution in [0.4, 0.5) is 5.69 Å². The summed E-state index contributed by atoms with van der Waals surface area (Å²) in [6, 6.07) is 3.56. The Morgan fingerprint density at radius 1 is 1.32 bits per heavy atom. The van der Waals surface area contributed by atoms with Crippen molar-refractivity contribution in [3.8, 4) is 0 Å². The van der Waals surface area contributed by atoms with Gasteiger partial charge in [-0.15, -0.1) is 0 Å². The van der Waals surface area contributed by atoms with E-state index in [1.165, 1.54) is 13.1 Å². The largest absolute Gasteiger partial charge is 0.398 e. The molecule has 0 aliphatic heterocycles. The molecule has 0 saturated carbocycles. The van der Waals surface area contributed by atoms with Crippen molar-refractivity contribution in [1.29, 1.82) is 0 Å². The molecule has 0 heterocycles. The maximum absolute atomic E-state index is 11.9. The lowest BCUT2D eigenvalue weighted by molar-refractivity contribution is -0.119. The van der Waals surface area contributed by atoms with Gasteiger partial charge in [0.15, 0.2) is 0 Å². The topological polar surface area (TPSA) is 144 Å². The minimum Gasteiger partial charge on any atom is -0.398 e. The fourth-order valence-electron chi connectivity index (χ4n) is 1.27. The lowest BCUT2D eigenvalue weighted by Gasteiger charge is -2.09. The molecule has 0 aliphatic rings. The molecule has 1 aromatic carbocycles. The zero-order chi connectivity index (χ0) is 14.6. The summed E-state index contributed by atoms with van der Waals surface area (Å²) >= 11 is 0. The molecular formula is C10H14N4O4S. The van der Waals surface area contributed by atoms with E-state index in [2.05, 4.69) is 10.0 Å². The van der Waals surface area contributed by atoms with Gasteiger partial charge in [0.1, 0.15) is 4.90 Å². The Labute approximate surface area is 110 Å². The lowest BCUT2D eigenvalue weighted by atomic mass is 10.2. The molecule has 1 rings (SSSR count). The first kappa shape index (κ1) is 14.9. The molecule has 19 heavy (non-hydrogen) atoms. The monoisotopic (exact) mass is 286 g/mol. The zero-order valence-electron chi connectivity index (χ0n) is 10.1. The molecule has 2 amide bonds. The van der Waals surface area contributed by atoms with Gasteiger partial charge in [0.05, 0.1) is 12.2 Å². The molecule has 6 N–H and O–H groups in total. The summed E-state index contributed by atoms with van der Waals surface area (Å²) in [5.41, 5.74) is 10.6. The highest BCUT2D eigenvalue weighted by Crippen LogP contribution is 2.19. The van der Waals surface area contributed by atoms with Crippen LogP contribution in [0.1, 0.15) is 10.4 Å². The third-order valence-electron chi connectivity index (χ3n) is 2.29. The van der Waals surface area contributed by atoms with Crippen LogP contribution in [0, 0.1) is 0 Å². The van der Waals surface area contributed by atoms with Gasteiger partial charge in [-0.2, -0.15) is 0 Å². The van der Waals surface area contributed by atoms with E-state index in [0.717, 1.165) is 12.1 Å². The van der Waals surface area contributed by atoms with Crippen LogP contribution in [0.3, 0.4) is 0 Å². The van der Waals surface area contributed by atoms with Crippen molar-refractivity contribution >= 4 is 27.5 Å². The van der Waals surface area contributed by atoms with Crippen molar-refractivity contribution in [2.45, 2.75) is 4.90 Å². The first-order valence-electron chi connectivity index (χ1n) is 5.17. The lowest BCUT2D eigenvalue weighted by Crippen LogP contribution is -2.35. The van der Waals surface area contributed by atoms with Gasteiger partial charge in [-0.1, -0.05) is 0 Å². The molecule has 0 spiro atoms. The second-order valence-corrected chi connectivity index (χ2v) is 5.35. The molecule has 0 unspecified atom stereocenters. The van der Waals surface area contributed by atoms with E-state index >= 15 is 0 Å². The molecule has 1 aromatic rings. The number of carbonyl (C=O) groups excluding carboxylic acids is 2. The van der Waals surface area contributed by atoms with Crippen LogP contribution >= 0.6 is 0 Å². The number of sulfonamides is 1. The van der Waals surface area contributed by atoms with Crippen molar-refractivity contribution < 1.29 is 18.0 Å². The van der Waals surface area contributed by atoms with E-state index < -0.39 is 28.4 Å². The molecule has 0 radical (unpaired) electrons. The molecule has 104 valence electrons. The van der Waals surface area contributed by atoms with Crippen LogP contribution < -0.4 is 21.5 Å². The van der Waals surface area contributed by atoms with Gasteiger partial charge >= 0.3 is 0 Å². The summed E-state index contributed by atoms with van der Waals surface area (Å²) < 4.78 is 25.8. The number of likely N-dealkylation sites (N-methyl/N-ethyl adjacent to an activating group) is 1. The molecule has 0 aromatic heterocycles. The van der Waals surface area contributed by atoms with Crippen LogP contribution in [0.15, 0.2) is 23.1 Å². The maximum atomic E-state index is 11.9.